The zero-order valence-corrected chi connectivity index (χ0v) is 11.4. The van der Waals surface area contributed by atoms with Crippen LogP contribution in [-0.4, -0.2) is 19.0 Å². The number of methoxy groups -OCH3 is 1. The van der Waals surface area contributed by atoms with Gasteiger partial charge in [0.15, 0.2) is 0 Å². The lowest BCUT2D eigenvalue weighted by molar-refractivity contribution is -0.142. The Morgan fingerprint density at radius 1 is 1.42 bits per heavy atom. The van der Waals surface area contributed by atoms with Gasteiger partial charge >= 0.3 is 5.97 Å². The molecule has 0 spiro atoms. The number of ether oxygens (including phenoxy) is 1. The molecule has 0 saturated heterocycles. The number of aryl methyl sites for hydroxylation is 1. The van der Waals surface area contributed by atoms with Gasteiger partial charge in [0.2, 0.25) is 5.91 Å². The van der Waals surface area contributed by atoms with Crippen LogP contribution in [-0.2, 0) is 27.2 Å². The van der Waals surface area contributed by atoms with Crippen molar-refractivity contribution in [2.75, 3.05) is 12.4 Å². The summed E-state index contributed by atoms with van der Waals surface area (Å²) in [6.45, 7) is 0. The Kier molecular flexibility index (Phi) is 4.17. The van der Waals surface area contributed by atoms with Crippen LogP contribution < -0.4 is 5.32 Å². The maximum Gasteiger partial charge on any atom is 0.315 e. The molecule has 1 aromatic rings. The molecule has 0 atom stereocenters. The number of hydrogen-bond donors (Lipinski definition) is 1. The van der Waals surface area contributed by atoms with Crippen LogP contribution in [0.4, 0.5) is 5.00 Å². The van der Waals surface area contributed by atoms with E-state index in [-0.39, 0.29) is 6.42 Å². The highest BCUT2D eigenvalue weighted by atomic mass is 32.1. The predicted octanol–water partition coefficient (Wildman–Crippen LogP) is 2.00. The van der Waals surface area contributed by atoms with Crippen LogP contribution in [0, 0.1) is 11.3 Å². The number of nitrogens with one attached hydrogen (secondary N) is 1. The van der Waals surface area contributed by atoms with E-state index in [0.29, 0.717) is 10.6 Å². The van der Waals surface area contributed by atoms with Crippen molar-refractivity contribution in [2.24, 2.45) is 0 Å². The van der Waals surface area contributed by atoms with E-state index in [0.717, 1.165) is 31.2 Å². The highest BCUT2D eigenvalue weighted by Gasteiger charge is 2.22. The lowest BCUT2D eigenvalue weighted by Crippen LogP contribution is -2.17. The molecule has 1 heterocycles. The molecule has 1 amide bonds. The van der Waals surface area contributed by atoms with Crippen molar-refractivity contribution in [3.05, 3.63) is 16.0 Å². The molecule has 19 heavy (non-hydrogen) atoms. The fraction of sp³-hybridized carbons (Fsp3) is 0.462. The number of carbonyl (C=O) groups excluding carboxylic acids is 2. The van der Waals surface area contributed by atoms with Gasteiger partial charge in [-0.25, -0.2) is 0 Å². The van der Waals surface area contributed by atoms with Crippen LogP contribution in [0.5, 0.6) is 0 Å². The third kappa shape index (κ3) is 2.93. The zero-order chi connectivity index (χ0) is 13.8. The van der Waals surface area contributed by atoms with Crippen LogP contribution in [0.2, 0.25) is 0 Å². The van der Waals surface area contributed by atoms with Crippen molar-refractivity contribution in [2.45, 2.75) is 32.1 Å². The Morgan fingerprint density at radius 3 is 2.84 bits per heavy atom. The summed E-state index contributed by atoms with van der Waals surface area (Å²) >= 11 is 1.44. The van der Waals surface area contributed by atoms with E-state index in [1.807, 2.05) is 0 Å². The summed E-state index contributed by atoms with van der Waals surface area (Å²) in [6, 6.07) is 2.16. The molecular weight excluding hydrogens is 264 g/mol. The monoisotopic (exact) mass is 278 g/mol. The predicted molar refractivity (Wildman–Crippen MR) is 70.9 cm³/mol. The maximum atomic E-state index is 11.6. The van der Waals surface area contributed by atoms with Crippen molar-refractivity contribution in [3.63, 3.8) is 0 Å². The van der Waals surface area contributed by atoms with Gasteiger partial charge < -0.3 is 10.1 Å². The summed E-state index contributed by atoms with van der Waals surface area (Å²) in [5, 5.41) is 12.4. The van der Waals surface area contributed by atoms with Crippen molar-refractivity contribution >= 4 is 28.2 Å². The number of rotatable bonds is 3. The second-order valence-electron chi connectivity index (χ2n) is 4.33. The number of nitriles is 1. The van der Waals surface area contributed by atoms with E-state index in [1.165, 1.54) is 23.3 Å². The normalized spacial score (nSPS) is 13.3. The first-order chi connectivity index (χ1) is 9.15. The van der Waals surface area contributed by atoms with E-state index in [2.05, 4.69) is 16.1 Å². The Morgan fingerprint density at radius 2 is 2.16 bits per heavy atom. The second-order valence-corrected chi connectivity index (χ2v) is 5.43. The van der Waals surface area contributed by atoms with Gasteiger partial charge in [0.25, 0.3) is 0 Å². The van der Waals surface area contributed by atoms with E-state index >= 15 is 0 Å². The summed E-state index contributed by atoms with van der Waals surface area (Å²) in [7, 11) is 1.24. The molecule has 5 nitrogen and oxygen atoms in total. The van der Waals surface area contributed by atoms with Crippen molar-refractivity contribution < 1.29 is 14.3 Å². The highest BCUT2D eigenvalue weighted by molar-refractivity contribution is 7.16. The SMILES string of the molecule is COC(=O)CC(=O)Nc1sc2c(c1C#N)CCCC2. The first kappa shape index (κ1) is 13.6. The molecule has 0 saturated carbocycles. The molecule has 0 aromatic carbocycles. The molecule has 0 bridgehead atoms. The van der Waals surface area contributed by atoms with E-state index in [4.69, 9.17) is 0 Å². The van der Waals surface area contributed by atoms with Gasteiger partial charge in [0.1, 0.15) is 17.5 Å². The molecule has 0 aliphatic heterocycles. The van der Waals surface area contributed by atoms with Crippen LogP contribution in [0.15, 0.2) is 0 Å². The molecule has 1 aliphatic rings. The van der Waals surface area contributed by atoms with Gasteiger partial charge in [-0.1, -0.05) is 0 Å². The van der Waals surface area contributed by atoms with Gasteiger partial charge in [-0.2, -0.15) is 5.26 Å². The third-order valence-corrected chi connectivity index (χ3v) is 4.28. The molecular formula is C13H14N2O3S. The summed E-state index contributed by atoms with van der Waals surface area (Å²) in [4.78, 5) is 23.8. The second kappa shape index (κ2) is 5.85. The minimum atomic E-state index is -0.586. The van der Waals surface area contributed by atoms with E-state index < -0.39 is 11.9 Å². The van der Waals surface area contributed by atoms with Crippen molar-refractivity contribution in [1.29, 1.82) is 5.26 Å². The summed E-state index contributed by atoms with van der Waals surface area (Å²) < 4.78 is 4.44. The van der Waals surface area contributed by atoms with Crippen molar-refractivity contribution in [1.82, 2.24) is 0 Å². The Balaban J connectivity index is 2.17. The topological polar surface area (TPSA) is 79.2 Å². The number of nitrogens with zero attached hydrogens (tertiary/aromatic N) is 1. The first-order valence-electron chi connectivity index (χ1n) is 6.07. The van der Waals surface area contributed by atoms with E-state index in [1.54, 1.807) is 0 Å². The standard InChI is InChI=1S/C13H14N2O3S/c1-18-12(17)6-11(16)15-13-9(7-14)8-4-2-3-5-10(8)19-13/h2-6H2,1H3,(H,15,16). The molecule has 1 N–H and O–H groups in total. The van der Waals surface area contributed by atoms with Gasteiger partial charge in [0, 0.05) is 4.88 Å². The van der Waals surface area contributed by atoms with E-state index in [9.17, 15) is 14.9 Å². The first-order valence-corrected chi connectivity index (χ1v) is 6.88. The number of thiophene rings is 1. The number of anilines is 1. The minimum Gasteiger partial charge on any atom is -0.469 e. The molecule has 0 fully saturated rings. The molecule has 2 rings (SSSR count). The average molecular weight is 278 g/mol. The van der Waals surface area contributed by atoms with Gasteiger partial charge in [0.05, 0.1) is 12.7 Å². The zero-order valence-electron chi connectivity index (χ0n) is 10.6. The fourth-order valence-electron chi connectivity index (χ4n) is 2.15. The molecule has 6 heteroatoms. The maximum absolute atomic E-state index is 11.6. The Labute approximate surface area is 115 Å². The molecule has 100 valence electrons. The van der Waals surface area contributed by atoms with Crippen LogP contribution in [0.1, 0.15) is 35.3 Å². The molecule has 0 radical (unpaired) electrons. The summed E-state index contributed by atoms with van der Waals surface area (Å²) in [6.07, 6.45) is 3.72. The minimum absolute atomic E-state index is 0.329. The smallest absolute Gasteiger partial charge is 0.315 e. The Hall–Kier alpha value is -1.87. The summed E-state index contributed by atoms with van der Waals surface area (Å²) in [5.74, 6) is -1.03. The molecule has 0 unspecified atom stereocenters. The molecule has 1 aliphatic carbocycles. The van der Waals surface area contributed by atoms with Gasteiger partial charge in [-0.3, -0.25) is 9.59 Å². The number of carbonyl (C=O) groups is 2. The number of hydrogen-bond acceptors (Lipinski definition) is 5. The molecule has 1 aromatic heterocycles. The largest absolute Gasteiger partial charge is 0.469 e. The van der Waals surface area contributed by atoms with Crippen LogP contribution in [0.3, 0.4) is 0 Å². The average Bonchev–Trinajstić information content (AvgIpc) is 2.75. The lowest BCUT2D eigenvalue weighted by Gasteiger charge is -2.09. The van der Waals surface area contributed by atoms with Crippen LogP contribution in [0.25, 0.3) is 0 Å². The number of amides is 1. The van der Waals surface area contributed by atoms with Crippen molar-refractivity contribution in [3.8, 4) is 6.07 Å². The number of fused-ring (bicyclic) bond motifs is 1. The van der Waals surface area contributed by atoms with Gasteiger partial charge in [-0.05, 0) is 31.2 Å². The fourth-order valence-corrected chi connectivity index (χ4v) is 3.40. The lowest BCUT2D eigenvalue weighted by atomic mass is 9.96. The van der Waals surface area contributed by atoms with Gasteiger partial charge in [-0.15, -0.1) is 11.3 Å². The highest BCUT2D eigenvalue weighted by Crippen LogP contribution is 2.37. The summed E-state index contributed by atoms with van der Waals surface area (Å²) in [5.41, 5.74) is 1.62. The quantitative estimate of drug-likeness (QED) is 0.677. The number of esters is 1. The third-order valence-electron chi connectivity index (χ3n) is 3.07. The Bertz CT molecular complexity index is 557. The van der Waals surface area contributed by atoms with Crippen LogP contribution >= 0.6 is 11.3 Å².